The second kappa shape index (κ2) is 8.53. The van der Waals surface area contributed by atoms with Crippen LogP contribution in [0.15, 0.2) is 24.3 Å². The molecule has 0 unspecified atom stereocenters. The van der Waals surface area contributed by atoms with Crippen LogP contribution in [0.3, 0.4) is 0 Å². The number of rotatable bonds is 8. The van der Waals surface area contributed by atoms with Crippen LogP contribution in [0.25, 0.3) is 0 Å². The Morgan fingerprint density at radius 2 is 2.00 bits per heavy atom. The molecule has 0 bridgehead atoms. The Morgan fingerprint density at radius 3 is 2.63 bits per heavy atom. The van der Waals surface area contributed by atoms with Gasteiger partial charge >= 0.3 is 0 Å². The smallest absolute Gasteiger partial charge is 0.260 e. The van der Waals surface area contributed by atoms with E-state index >= 15 is 0 Å². The highest BCUT2D eigenvalue weighted by Gasteiger charge is 2.13. The minimum absolute atomic E-state index is 0.0999. The number of hydrogen-bond acceptors (Lipinski definition) is 3. The number of ether oxygens (including phenoxy) is 2. The largest absolute Gasteiger partial charge is 0.481 e. The lowest BCUT2D eigenvalue weighted by Gasteiger charge is -2.14. The van der Waals surface area contributed by atoms with Crippen LogP contribution >= 0.6 is 0 Å². The van der Waals surface area contributed by atoms with E-state index in [9.17, 15) is 4.79 Å². The number of benzene rings is 1. The Labute approximate surface area is 115 Å². The minimum atomic E-state index is -0.491. The lowest BCUT2D eigenvalue weighted by atomic mass is 10.2. The first-order valence-electron chi connectivity index (χ1n) is 6.72. The summed E-state index contributed by atoms with van der Waals surface area (Å²) in [4.78, 5) is 11.8. The van der Waals surface area contributed by atoms with Gasteiger partial charge in [-0.05, 0) is 39.3 Å². The number of hydrogen-bond donors (Lipinski definition) is 1. The fourth-order valence-electron chi connectivity index (χ4n) is 1.55. The Balaban J connectivity index is 2.26. The summed E-state index contributed by atoms with van der Waals surface area (Å²) >= 11 is 0. The van der Waals surface area contributed by atoms with Crippen molar-refractivity contribution in [3.8, 4) is 5.75 Å². The first kappa shape index (κ1) is 15.5. The Bertz CT molecular complexity index is 375. The molecular formula is C15H23NO3. The van der Waals surface area contributed by atoms with Gasteiger partial charge in [-0.25, -0.2) is 0 Å². The van der Waals surface area contributed by atoms with Gasteiger partial charge in [0.05, 0.1) is 0 Å². The van der Waals surface area contributed by atoms with Crippen molar-refractivity contribution < 1.29 is 14.3 Å². The van der Waals surface area contributed by atoms with E-state index in [-0.39, 0.29) is 5.91 Å². The SMILES string of the molecule is CCOCCCNC(=O)[C@H](C)Oc1ccc(C)cc1. The zero-order valence-electron chi connectivity index (χ0n) is 11.9. The van der Waals surface area contributed by atoms with Crippen molar-refractivity contribution in [1.29, 1.82) is 0 Å². The fraction of sp³-hybridized carbons (Fsp3) is 0.533. The van der Waals surface area contributed by atoms with E-state index in [2.05, 4.69) is 5.32 Å². The van der Waals surface area contributed by atoms with Gasteiger partial charge < -0.3 is 14.8 Å². The van der Waals surface area contributed by atoms with E-state index in [1.807, 2.05) is 38.1 Å². The van der Waals surface area contributed by atoms with Crippen LogP contribution < -0.4 is 10.1 Å². The number of carbonyl (C=O) groups excluding carboxylic acids is 1. The first-order valence-corrected chi connectivity index (χ1v) is 6.72. The van der Waals surface area contributed by atoms with Gasteiger partial charge in [0.25, 0.3) is 5.91 Å². The van der Waals surface area contributed by atoms with E-state index in [0.29, 0.717) is 25.5 Å². The van der Waals surface area contributed by atoms with Crippen LogP contribution in [0.1, 0.15) is 25.8 Å². The summed E-state index contributed by atoms with van der Waals surface area (Å²) < 4.78 is 10.8. The summed E-state index contributed by atoms with van der Waals surface area (Å²) in [5, 5.41) is 2.83. The van der Waals surface area contributed by atoms with Crippen molar-refractivity contribution in [3.63, 3.8) is 0 Å². The van der Waals surface area contributed by atoms with Gasteiger partial charge in [0, 0.05) is 19.8 Å². The average Bonchev–Trinajstić information content (AvgIpc) is 2.41. The van der Waals surface area contributed by atoms with Crippen molar-refractivity contribution in [2.24, 2.45) is 0 Å². The monoisotopic (exact) mass is 265 g/mol. The zero-order valence-corrected chi connectivity index (χ0v) is 11.9. The van der Waals surface area contributed by atoms with Gasteiger partial charge in [-0.2, -0.15) is 0 Å². The first-order chi connectivity index (χ1) is 9.13. The number of aryl methyl sites for hydroxylation is 1. The molecule has 1 atom stereocenters. The van der Waals surface area contributed by atoms with Gasteiger partial charge in [-0.3, -0.25) is 4.79 Å². The summed E-state index contributed by atoms with van der Waals surface area (Å²) in [5.74, 6) is 0.611. The molecule has 4 nitrogen and oxygen atoms in total. The molecule has 4 heteroatoms. The van der Waals surface area contributed by atoms with E-state index in [1.165, 1.54) is 5.56 Å². The fourth-order valence-corrected chi connectivity index (χ4v) is 1.55. The molecule has 0 saturated heterocycles. The maximum Gasteiger partial charge on any atom is 0.260 e. The summed E-state index contributed by atoms with van der Waals surface area (Å²) in [7, 11) is 0. The average molecular weight is 265 g/mol. The molecule has 0 spiro atoms. The molecular weight excluding hydrogens is 242 g/mol. The van der Waals surface area contributed by atoms with E-state index in [1.54, 1.807) is 6.92 Å². The topological polar surface area (TPSA) is 47.6 Å². The molecule has 0 saturated carbocycles. The van der Waals surface area contributed by atoms with Crippen LogP contribution in [0.5, 0.6) is 5.75 Å². The molecule has 0 aliphatic carbocycles. The van der Waals surface area contributed by atoms with Crippen molar-refractivity contribution >= 4 is 5.91 Å². The van der Waals surface area contributed by atoms with E-state index in [4.69, 9.17) is 9.47 Å². The van der Waals surface area contributed by atoms with Gasteiger partial charge in [-0.1, -0.05) is 17.7 Å². The van der Waals surface area contributed by atoms with Crippen molar-refractivity contribution in [2.75, 3.05) is 19.8 Å². The molecule has 1 amide bonds. The molecule has 1 aromatic carbocycles. The van der Waals surface area contributed by atoms with Gasteiger partial charge in [-0.15, -0.1) is 0 Å². The highest BCUT2D eigenvalue weighted by molar-refractivity contribution is 5.80. The maximum absolute atomic E-state index is 11.8. The lowest BCUT2D eigenvalue weighted by molar-refractivity contribution is -0.127. The molecule has 1 rings (SSSR count). The molecule has 106 valence electrons. The standard InChI is InChI=1S/C15H23NO3/c1-4-18-11-5-10-16-15(17)13(3)19-14-8-6-12(2)7-9-14/h6-9,13H,4-5,10-11H2,1-3H3,(H,16,17)/t13-/m0/s1. The molecule has 0 radical (unpaired) electrons. The van der Waals surface area contributed by atoms with Crippen molar-refractivity contribution in [2.45, 2.75) is 33.3 Å². The molecule has 0 fully saturated rings. The summed E-state index contributed by atoms with van der Waals surface area (Å²) in [5.41, 5.74) is 1.17. The lowest BCUT2D eigenvalue weighted by Crippen LogP contribution is -2.37. The van der Waals surface area contributed by atoms with Crippen LogP contribution in [0, 0.1) is 6.92 Å². The number of amides is 1. The summed E-state index contributed by atoms with van der Waals surface area (Å²) in [6.07, 6.45) is 0.325. The van der Waals surface area contributed by atoms with Gasteiger partial charge in [0.15, 0.2) is 6.10 Å². The van der Waals surface area contributed by atoms with Crippen LogP contribution in [-0.2, 0) is 9.53 Å². The second-order valence-electron chi connectivity index (χ2n) is 4.41. The minimum Gasteiger partial charge on any atom is -0.481 e. The Morgan fingerprint density at radius 1 is 1.32 bits per heavy atom. The van der Waals surface area contributed by atoms with Gasteiger partial charge in [0.2, 0.25) is 0 Å². The van der Waals surface area contributed by atoms with Crippen LogP contribution in [0.2, 0.25) is 0 Å². The molecule has 0 aliphatic rings. The summed E-state index contributed by atoms with van der Waals surface area (Å²) in [6, 6.07) is 7.66. The zero-order chi connectivity index (χ0) is 14.1. The van der Waals surface area contributed by atoms with E-state index in [0.717, 1.165) is 6.42 Å². The number of carbonyl (C=O) groups is 1. The van der Waals surface area contributed by atoms with Crippen LogP contribution in [-0.4, -0.2) is 31.8 Å². The maximum atomic E-state index is 11.8. The third-order valence-electron chi connectivity index (χ3n) is 2.67. The predicted octanol–water partition coefficient (Wildman–Crippen LogP) is 2.31. The molecule has 19 heavy (non-hydrogen) atoms. The predicted molar refractivity (Wildman–Crippen MR) is 75.4 cm³/mol. The molecule has 0 heterocycles. The quantitative estimate of drug-likeness (QED) is 0.734. The molecule has 1 N–H and O–H groups in total. The van der Waals surface area contributed by atoms with Crippen LogP contribution in [0.4, 0.5) is 0 Å². The molecule has 0 aromatic heterocycles. The third-order valence-corrected chi connectivity index (χ3v) is 2.67. The highest BCUT2D eigenvalue weighted by atomic mass is 16.5. The third kappa shape index (κ3) is 6.25. The van der Waals surface area contributed by atoms with E-state index < -0.39 is 6.10 Å². The Hall–Kier alpha value is -1.55. The van der Waals surface area contributed by atoms with Crippen molar-refractivity contribution in [3.05, 3.63) is 29.8 Å². The second-order valence-corrected chi connectivity index (χ2v) is 4.41. The normalized spacial score (nSPS) is 11.9. The molecule has 0 aliphatic heterocycles. The molecule has 1 aromatic rings. The Kier molecular flexibility index (Phi) is 6.97. The summed E-state index contributed by atoms with van der Waals surface area (Å²) in [6.45, 7) is 7.71. The highest BCUT2D eigenvalue weighted by Crippen LogP contribution is 2.13. The van der Waals surface area contributed by atoms with Gasteiger partial charge in [0.1, 0.15) is 5.75 Å². The van der Waals surface area contributed by atoms with Crippen molar-refractivity contribution in [1.82, 2.24) is 5.32 Å². The number of nitrogens with one attached hydrogen (secondary N) is 1.